The molecular formula is C16H17ClN2. The van der Waals surface area contributed by atoms with E-state index in [2.05, 4.69) is 36.5 Å². The molecule has 3 rings (SSSR count). The van der Waals surface area contributed by atoms with Gasteiger partial charge in [0.15, 0.2) is 0 Å². The van der Waals surface area contributed by atoms with Crippen LogP contribution in [0.5, 0.6) is 0 Å². The van der Waals surface area contributed by atoms with Crippen molar-refractivity contribution in [2.75, 3.05) is 5.73 Å². The van der Waals surface area contributed by atoms with E-state index in [0.717, 1.165) is 22.7 Å². The first-order valence-corrected chi connectivity index (χ1v) is 6.91. The number of nitrogen functional groups attached to an aromatic ring is 1. The molecule has 98 valence electrons. The van der Waals surface area contributed by atoms with E-state index in [0.29, 0.717) is 6.04 Å². The first-order valence-electron chi connectivity index (χ1n) is 6.54. The average Bonchev–Trinajstić information content (AvgIpc) is 2.40. The molecule has 3 heteroatoms. The molecule has 2 aromatic rings. The quantitative estimate of drug-likeness (QED) is 0.779. The van der Waals surface area contributed by atoms with Crippen LogP contribution in [-0.2, 0) is 6.42 Å². The van der Waals surface area contributed by atoms with E-state index >= 15 is 0 Å². The number of fused-ring (bicyclic) bond motifs is 1. The summed E-state index contributed by atoms with van der Waals surface area (Å²) in [6.07, 6.45) is 1.05. The Hall–Kier alpha value is -1.51. The summed E-state index contributed by atoms with van der Waals surface area (Å²) in [6, 6.07) is 14.7. The van der Waals surface area contributed by atoms with Crippen LogP contribution in [-0.4, -0.2) is 6.04 Å². The van der Waals surface area contributed by atoms with Crippen molar-refractivity contribution in [3.63, 3.8) is 0 Å². The summed E-state index contributed by atoms with van der Waals surface area (Å²) in [5.41, 5.74) is 10.7. The van der Waals surface area contributed by atoms with Crippen LogP contribution >= 0.6 is 11.6 Å². The van der Waals surface area contributed by atoms with E-state index in [1.54, 1.807) is 0 Å². The molecule has 0 spiro atoms. The second-order valence-electron chi connectivity index (χ2n) is 5.18. The minimum absolute atomic E-state index is 0.124. The molecular weight excluding hydrogens is 256 g/mol. The summed E-state index contributed by atoms with van der Waals surface area (Å²) in [5, 5.41) is 4.34. The Morgan fingerprint density at radius 1 is 1.16 bits per heavy atom. The Kier molecular flexibility index (Phi) is 3.21. The molecule has 0 saturated carbocycles. The summed E-state index contributed by atoms with van der Waals surface area (Å²) < 4.78 is 0. The Balaban J connectivity index is 2.12. The highest BCUT2D eigenvalue weighted by Crippen LogP contribution is 2.34. The highest BCUT2D eigenvalue weighted by Gasteiger charge is 2.26. The molecule has 0 radical (unpaired) electrons. The fourth-order valence-corrected chi connectivity index (χ4v) is 3.00. The molecule has 0 bridgehead atoms. The maximum absolute atomic E-state index is 6.12. The van der Waals surface area contributed by atoms with Crippen molar-refractivity contribution >= 4 is 17.3 Å². The van der Waals surface area contributed by atoms with Gasteiger partial charge in [-0.1, -0.05) is 35.9 Å². The molecule has 1 aliphatic rings. The zero-order chi connectivity index (χ0) is 13.4. The maximum Gasteiger partial charge on any atom is 0.0602 e. The second-order valence-corrected chi connectivity index (χ2v) is 5.61. The highest BCUT2D eigenvalue weighted by molar-refractivity contribution is 6.30. The van der Waals surface area contributed by atoms with Crippen LogP contribution in [0.3, 0.4) is 0 Å². The molecule has 3 N–H and O–H groups in total. The zero-order valence-corrected chi connectivity index (χ0v) is 11.6. The van der Waals surface area contributed by atoms with Gasteiger partial charge >= 0.3 is 0 Å². The molecule has 0 fully saturated rings. The minimum atomic E-state index is 0.124. The van der Waals surface area contributed by atoms with Gasteiger partial charge in [-0.05, 0) is 48.2 Å². The third-order valence-corrected chi connectivity index (χ3v) is 3.94. The molecule has 19 heavy (non-hydrogen) atoms. The van der Waals surface area contributed by atoms with Crippen LogP contribution in [0, 0.1) is 0 Å². The second kappa shape index (κ2) is 4.87. The molecule has 0 aromatic heterocycles. The fourth-order valence-electron chi connectivity index (χ4n) is 2.82. The fraction of sp³-hybridized carbons (Fsp3) is 0.250. The lowest BCUT2D eigenvalue weighted by atomic mass is 9.86. The predicted octanol–water partition coefficient (Wildman–Crippen LogP) is 3.55. The number of hydrogen-bond donors (Lipinski definition) is 2. The van der Waals surface area contributed by atoms with Crippen molar-refractivity contribution in [1.29, 1.82) is 0 Å². The van der Waals surface area contributed by atoms with Crippen molar-refractivity contribution in [2.45, 2.75) is 25.4 Å². The first kappa shape index (κ1) is 12.5. The van der Waals surface area contributed by atoms with Gasteiger partial charge < -0.3 is 11.1 Å². The summed E-state index contributed by atoms with van der Waals surface area (Å²) in [4.78, 5) is 0. The van der Waals surface area contributed by atoms with Gasteiger partial charge in [-0.3, -0.25) is 0 Å². The number of hydrogen-bond acceptors (Lipinski definition) is 2. The monoisotopic (exact) mass is 272 g/mol. The van der Waals surface area contributed by atoms with Crippen LogP contribution in [0.4, 0.5) is 5.69 Å². The zero-order valence-electron chi connectivity index (χ0n) is 10.9. The third kappa shape index (κ3) is 2.34. The first-order chi connectivity index (χ1) is 9.15. The SMILES string of the molecule is C[C@@H]1Cc2ccccc2[C@H](c2cc(Cl)ccc2N)N1. The topological polar surface area (TPSA) is 38.0 Å². The van der Waals surface area contributed by atoms with Gasteiger partial charge in [0.05, 0.1) is 6.04 Å². The predicted molar refractivity (Wildman–Crippen MR) is 80.5 cm³/mol. The summed E-state index contributed by atoms with van der Waals surface area (Å²) >= 11 is 6.12. The van der Waals surface area contributed by atoms with Crippen LogP contribution in [0.25, 0.3) is 0 Å². The Bertz CT molecular complexity index is 609. The molecule has 2 atom stereocenters. The van der Waals surface area contributed by atoms with Crippen LogP contribution in [0.15, 0.2) is 42.5 Å². The van der Waals surface area contributed by atoms with Crippen LogP contribution < -0.4 is 11.1 Å². The molecule has 0 unspecified atom stereocenters. The number of rotatable bonds is 1. The number of nitrogens with one attached hydrogen (secondary N) is 1. The molecule has 0 saturated heterocycles. The molecule has 1 aliphatic heterocycles. The molecule has 2 aromatic carbocycles. The minimum Gasteiger partial charge on any atom is -0.398 e. The van der Waals surface area contributed by atoms with Gasteiger partial charge in [0, 0.05) is 16.8 Å². The number of nitrogens with two attached hydrogens (primary N) is 1. The summed E-state index contributed by atoms with van der Waals surface area (Å²) in [6.45, 7) is 2.20. The molecule has 0 amide bonds. The van der Waals surface area contributed by atoms with Gasteiger partial charge in [0.2, 0.25) is 0 Å². The van der Waals surface area contributed by atoms with Crippen molar-refractivity contribution in [3.05, 3.63) is 64.2 Å². The van der Waals surface area contributed by atoms with E-state index < -0.39 is 0 Å². The lowest BCUT2D eigenvalue weighted by Crippen LogP contribution is -2.38. The normalized spacial score (nSPS) is 22.0. The number of benzene rings is 2. The Morgan fingerprint density at radius 2 is 1.95 bits per heavy atom. The van der Waals surface area contributed by atoms with E-state index in [1.165, 1.54) is 11.1 Å². The summed E-state index contributed by atoms with van der Waals surface area (Å²) in [7, 11) is 0. The van der Waals surface area contributed by atoms with E-state index in [-0.39, 0.29) is 6.04 Å². The highest BCUT2D eigenvalue weighted by atomic mass is 35.5. The van der Waals surface area contributed by atoms with E-state index in [9.17, 15) is 0 Å². The number of anilines is 1. The maximum atomic E-state index is 6.12. The standard InChI is InChI=1S/C16H17ClN2/c1-10-8-11-4-2-3-5-13(11)16(19-10)14-9-12(17)6-7-15(14)18/h2-7,9-10,16,19H,8,18H2,1H3/t10-,16-/m1/s1. The average molecular weight is 273 g/mol. The van der Waals surface area contributed by atoms with Gasteiger partial charge in [-0.2, -0.15) is 0 Å². The smallest absolute Gasteiger partial charge is 0.0602 e. The van der Waals surface area contributed by atoms with Crippen LogP contribution in [0.2, 0.25) is 5.02 Å². The largest absolute Gasteiger partial charge is 0.398 e. The van der Waals surface area contributed by atoms with E-state index in [1.807, 2.05) is 18.2 Å². The molecule has 1 heterocycles. The van der Waals surface area contributed by atoms with Crippen molar-refractivity contribution in [2.24, 2.45) is 0 Å². The molecule has 2 nitrogen and oxygen atoms in total. The van der Waals surface area contributed by atoms with Crippen molar-refractivity contribution in [1.82, 2.24) is 5.32 Å². The Labute approximate surface area is 118 Å². The van der Waals surface area contributed by atoms with Gasteiger partial charge in [0.1, 0.15) is 0 Å². The van der Waals surface area contributed by atoms with Crippen molar-refractivity contribution in [3.8, 4) is 0 Å². The van der Waals surface area contributed by atoms with Gasteiger partial charge in [0.25, 0.3) is 0 Å². The van der Waals surface area contributed by atoms with E-state index in [4.69, 9.17) is 17.3 Å². The van der Waals surface area contributed by atoms with Gasteiger partial charge in [-0.15, -0.1) is 0 Å². The summed E-state index contributed by atoms with van der Waals surface area (Å²) in [5.74, 6) is 0. The lowest BCUT2D eigenvalue weighted by Gasteiger charge is -2.32. The number of halogens is 1. The van der Waals surface area contributed by atoms with Gasteiger partial charge in [-0.25, -0.2) is 0 Å². The van der Waals surface area contributed by atoms with Crippen molar-refractivity contribution < 1.29 is 0 Å². The Morgan fingerprint density at radius 3 is 2.79 bits per heavy atom. The third-order valence-electron chi connectivity index (χ3n) is 3.70. The molecule has 0 aliphatic carbocycles. The van der Waals surface area contributed by atoms with Crippen LogP contribution in [0.1, 0.15) is 29.7 Å². The lowest BCUT2D eigenvalue weighted by molar-refractivity contribution is 0.465.